The van der Waals surface area contributed by atoms with E-state index in [0.29, 0.717) is 31.6 Å². The first kappa shape index (κ1) is 18.1. The molecule has 0 atom stereocenters. The molecule has 0 bridgehead atoms. The second-order valence-electron chi connectivity index (χ2n) is 5.09. The summed E-state index contributed by atoms with van der Waals surface area (Å²) in [4.78, 5) is 13.0. The van der Waals surface area contributed by atoms with Crippen molar-refractivity contribution in [2.75, 3.05) is 33.7 Å². The highest BCUT2D eigenvalue weighted by atomic mass is 32.2. The third kappa shape index (κ3) is 4.26. The largest absolute Gasteiger partial charge is 0.477 e. The van der Waals surface area contributed by atoms with E-state index < -0.39 is 16.0 Å². The van der Waals surface area contributed by atoms with E-state index in [9.17, 15) is 18.3 Å². The first-order valence-electron chi connectivity index (χ1n) is 6.68. The molecule has 21 heavy (non-hydrogen) atoms. The van der Waals surface area contributed by atoms with Gasteiger partial charge in [-0.05, 0) is 38.4 Å². The molecule has 0 fully saturated rings. The Labute approximate surface area is 130 Å². The van der Waals surface area contributed by atoms with E-state index in [4.69, 9.17) is 0 Å². The zero-order valence-corrected chi connectivity index (χ0v) is 14.4. The van der Waals surface area contributed by atoms with Crippen molar-refractivity contribution >= 4 is 27.3 Å². The number of hydrogen-bond acceptors (Lipinski definition) is 5. The molecular weight excluding hydrogens is 312 g/mol. The summed E-state index contributed by atoms with van der Waals surface area (Å²) in [6.07, 6.45) is 0.679. The molecule has 0 aliphatic carbocycles. The Morgan fingerprint density at radius 3 is 2.38 bits per heavy atom. The van der Waals surface area contributed by atoms with Gasteiger partial charge in [0.1, 0.15) is 9.77 Å². The summed E-state index contributed by atoms with van der Waals surface area (Å²) in [7, 11) is -0.0450. The van der Waals surface area contributed by atoms with Crippen molar-refractivity contribution < 1.29 is 18.3 Å². The maximum atomic E-state index is 12.8. The predicted octanol–water partition coefficient (Wildman–Crippen LogP) is 1.72. The van der Waals surface area contributed by atoms with Crippen LogP contribution in [0.4, 0.5) is 0 Å². The molecule has 0 amide bonds. The lowest BCUT2D eigenvalue weighted by molar-refractivity contribution is 0.0698. The van der Waals surface area contributed by atoms with Crippen LogP contribution in [0.15, 0.2) is 10.3 Å². The van der Waals surface area contributed by atoms with Crippen molar-refractivity contribution in [3.05, 3.63) is 15.8 Å². The van der Waals surface area contributed by atoms with Crippen LogP contribution < -0.4 is 0 Å². The number of sulfonamides is 1. The third-order valence-electron chi connectivity index (χ3n) is 2.98. The van der Waals surface area contributed by atoms with E-state index in [0.717, 1.165) is 11.3 Å². The summed E-state index contributed by atoms with van der Waals surface area (Å²) < 4.78 is 27.0. The molecule has 0 saturated heterocycles. The lowest BCUT2D eigenvalue weighted by Gasteiger charge is -2.23. The van der Waals surface area contributed by atoms with Crippen molar-refractivity contribution in [2.45, 2.75) is 25.2 Å². The van der Waals surface area contributed by atoms with Crippen LogP contribution in [0.25, 0.3) is 0 Å². The van der Waals surface area contributed by atoms with Gasteiger partial charge in [-0.1, -0.05) is 6.92 Å². The van der Waals surface area contributed by atoms with Crippen molar-refractivity contribution in [1.29, 1.82) is 0 Å². The van der Waals surface area contributed by atoms with Crippen LogP contribution in [0.3, 0.4) is 0 Å². The number of aryl methyl sites for hydroxylation is 1. The molecule has 0 unspecified atom stereocenters. The molecule has 8 heteroatoms. The van der Waals surface area contributed by atoms with Crippen LogP contribution in [0.2, 0.25) is 0 Å². The molecule has 0 aliphatic rings. The summed E-state index contributed by atoms with van der Waals surface area (Å²) >= 11 is 0.955. The number of carbonyl (C=O) groups is 1. The lowest BCUT2D eigenvalue weighted by atomic mass is 10.3. The highest BCUT2D eigenvalue weighted by Crippen LogP contribution is 2.29. The van der Waals surface area contributed by atoms with Crippen molar-refractivity contribution in [1.82, 2.24) is 9.21 Å². The fourth-order valence-electron chi connectivity index (χ4n) is 1.94. The molecule has 0 spiro atoms. The van der Waals surface area contributed by atoms with Crippen molar-refractivity contribution in [2.24, 2.45) is 0 Å². The van der Waals surface area contributed by atoms with Gasteiger partial charge in [-0.25, -0.2) is 13.2 Å². The molecule has 0 saturated carbocycles. The van der Waals surface area contributed by atoms with E-state index in [1.165, 1.54) is 4.31 Å². The fourth-order valence-corrected chi connectivity index (χ4v) is 5.05. The second kappa shape index (κ2) is 7.35. The Kier molecular flexibility index (Phi) is 6.33. The van der Waals surface area contributed by atoms with Gasteiger partial charge in [-0.15, -0.1) is 11.3 Å². The SMILES string of the molecule is CCCN(CCN(C)C)S(=O)(=O)c1c(C)csc1C(=O)O. The van der Waals surface area contributed by atoms with Crippen LogP contribution in [0.1, 0.15) is 28.6 Å². The number of likely N-dealkylation sites (N-methyl/N-ethyl adjacent to an activating group) is 1. The highest BCUT2D eigenvalue weighted by Gasteiger charge is 2.31. The van der Waals surface area contributed by atoms with Crippen molar-refractivity contribution in [3.63, 3.8) is 0 Å². The molecule has 1 aromatic rings. The van der Waals surface area contributed by atoms with Gasteiger partial charge >= 0.3 is 5.97 Å². The Morgan fingerprint density at radius 2 is 1.90 bits per heavy atom. The summed E-state index contributed by atoms with van der Waals surface area (Å²) in [6, 6.07) is 0. The Bertz CT molecular complexity index is 593. The van der Waals surface area contributed by atoms with E-state index in [1.807, 2.05) is 25.9 Å². The average Bonchev–Trinajstić information content (AvgIpc) is 2.76. The number of thiophene rings is 1. The van der Waals surface area contributed by atoms with Gasteiger partial charge in [-0.3, -0.25) is 0 Å². The van der Waals surface area contributed by atoms with Crippen molar-refractivity contribution in [3.8, 4) is 0 Å². The maximum Gasteiger partial charge on any atom is 0.347 e. The minimum atomic E-state index is -3.79. The Morgan fingerprint density at radius 1 is 1.29 bits per heavy atom. The minimum absolute atomic E-state index is 0.0628. The van der Waals surface area contributed by atoms with Gasteiger partial charge in [0.15, 0.2) is 0 Å². The molecule has 0 aliphatic heterocycles. The highest BCUT2D eigenvalue weighted by molar-refractivity contribution is 7.89. The molecular formula is C13H22N2O4S2. The molecule has 0 aromatic carbocycles. The Hall–Kier alpha value is -0.960. The topological polar surface area (TPSA) is 77.9 Å². The smallest absolute Gasteiger partial charge is 0.347 e. The maximum absolute atomic E-state index is 12.8. The van der Waals surface area contributed by atoms with E-state index in [-0.39, 0.29) is 9.77 Å². The van der Waals surface area contributed by atoms with Crippen LogP contribution >= 0.6 is 11.3 Å². The van der Waals surface area contributed by atoms with E-state index in [2.05, 4.69) is 0 Å². The summed E-state index contributed by atoms with van der Waals surface area (Å²) in [5.74, 6) is -1.20. The number of carboxylic acids is 1. The van der Waals surface area contributed by atoms with Gasteiger partial charge in [0, 0.05) is 19.6 Å². The van der Waals surface area contributed by atoms with Gasteiger partial charge in [0.25, 0.3) is 0 Å². The van der Waals surface area contributed by atoms with E-state index in [1.54, 1.807) is 12.3 Å². The van der Waals surface area contributed by atoms with Crippen LogP contribution in [0.5, 0.6) is 0 Å². The van der Waals surface area contributed by atoms with Gasteiger partial charge in [-0.2, -0.15) is 4.31 Å². The monoisotopic (exact) mass is 334 g/mol. The molecule has 120 valence electrons. The van der Waals surface area contributed by atoms with Crippen LogP contribution in [-0.4, -0.2) is 62.4 Å². The molecule has 1 N–H and O–H groups in total. The fraction of sp³-hybridized carbons (Fsp3) is 0.615. The second-order valence-corrected chi connectivity index (χ2v) is 7.84. The first-order chi connectivity index (χ1) is 9.71. The molecule has 0 radical (unpaired) electrons. The lowest BCUT2D eigenvalue weighted by Crippen LogP contribution is -2.37. The van der Waals surface area contributed by atoms with Crippen LogP contribution in [-0.2, 0) is 10.0 Å². The van der Waals surface area contributed by atoms with Gasteiger partial charge < -0.3 is 10.0 Å². The number of aromatic carboxylic acids is 1. The molecule has 1 aromatic heterocycles. The quantitative estimate of drug-likeness (QED) is 0.783. The first-order valence-corrected chi connectivity index (χ1v) is 9.00. The predicted molar refractivity (Wildman–Crippen MR) is 83.6 cm³/mol. The molecule has 6 nitrogen and oxygen atoms in total. The molecule has 1 rings (SSSR count). The number of carboxylic acid groups (broad SMARTS) is 1. The summed E-state index contributed by atoms with van der Waals surface area (Å²) in [5, 5.41) is 10.8. The molecule has 1 heterocycles. The summed E-state index contributed by atoms with van der Waals surface area (Å²) in [5.41, 5.74) is 0.489. The zero-order valence-electron chi connectivity index (χ0n) is 12.8. The summed E-state index contributed by atoms with van der Waals surface area (Å²) in [6.45, 7) is 4.84. The number of rotatable bonds is 8. The Balaban J connectivity index is 3.22. The van der Waals surface area contributed by atoms with Gasteiger partial charge in [0.2, 0.25) is 10.0 Å². The minimum Gasteiger partial charge on any atom is -0.477 e. The zero-order chi connectivity index (χ0) is 16.2. The average molecular weight is 334 g/mol. The van der Waals surface area contributed by atoms with E-state index >= 15 is 0 Å². The van der Waals surface area contributed by atoms with Gasteiger partial charge in [0.05, 0.1) is 0 Å². The standard InChI is InChI=1S/C13H22N2O4S2/c1-5-6-15(8-7-14(3)4)21(18,19)12-10(2)9-20-11(12)13(16)17/h9H,5-8H2,1-4H3,(H,16,17). The normalized spacial score (nSPS) is 12.3. The number of nitrogens with zero attached hydrogens (tertiary/aromatic N) is 2. The number of hydrogen-bond donors (Lipinski definition) is 1. The van der Waals surface area contributed by atoms with Crippen LogP contribution in [0, 0.1) is 6.92 Å². The third-order valence-corrected chi connectivity index (χ3v) is 6.28.